The fourth-order valence-corrected chi connectivity index (χ4v) is 3.47. The zero-order valence-corrected chi connectivity index (χ0v) is 19.1. The van der Waals surface area contributed by atoms with Crippen LogP contribution in [0.3, 0.4) is 0 Å². The first-order valence-corrected chi connectivity index (χ1v) is 12.6. The van der Waals surface area contributed by atoms with Gasteiger partial charge in [-0.1, -0.05) is 110 Å². The van der Waals surface area contributed by atoms with Gasteiger partial charge in [0, 0.05) is 26.4 Å². The lowest BCUT2D eigenvalue weighted by molar-refractivity contribution is 0.125. The first-order valence-electron chi connectivity index (χ1n) is 12.6. The fourth-order valence-electron chi connectivity index (χ4n) is 3.47. The Kier molecular flexibility index (Phi) is 25.8. The lowest BCUT2D eigenvalue weighted by Gasteiger charge is -2.05. The molecule has 27 heavy (non-hydrogen) atoms. The third-order valence-electron chi connectivity index (χ3n) is 5.36. The van der Waals surface area contributed by atoms with Crippen LogP contribution in [0, 0.1) is 0 Å². The van der Waals surface area contributed by atoms with Crippen LogP contribution in [0.1, 0.15) is 136 Å². The van der Waals surface area contributed by atoms with Crippen LogP contribution in [0.15, 0.2) is 0 Å². The van der Waals surface area contributed by atoms with Gasteiger partial charge in [-0.3, -0.25) is 0 Å². The summed E-state index contributed by atoms with van der Waals surface area (Å²) in [6.07, 6.45) is 25.6. The molecule has 2 heteroatoms. The molecule has 0 heterocycles. The summed E-state index contributed by atoms with van der Waals surface area (Å²) in [5.41, 5.74) is 0. The van der Waals surface area contributed by atoms with E-state index in [1.807, 2.05) is 0 Å². The Balaban J connectivity index is 2.95. The van der Waals surface area contributed by atoms with Crippen molar-refractivity contribution in [1.29, 1.82) is 0 Å². The van der Waals surface area contributed by atoms with E-state index in [1.54, 1.807) is 0 Å². The molecule has 2 nitrogen and oxygen atoms in total. The van der Waals surface area contributed by atoms with Crippen LogP contribution in [0.2, 0.25) is 0 Å². The molecule has 0 unspecified atom stereocenters. The van der Waals surface area contributed by atoms with E-state index >= 15 is 0 Å². The Morgan fingerprint density at radius 3 is 0.778 bits per heavy atom. The molecule has 0 radical (unpaired) electrons. The molecular formula is C25H52O2. The highest BCUT2D eigenvalue weighted by Crippen LogP contribution is 2.10. The van der Waals surface area contributed by atoms with Crippen molar-refractivity contribution in [3.63, 3.8) is 0 Å². The van der Waals surface area contributed by atoms with Crippen molar-refractivity contribution >= 4 is 0 Å². The van der Waals surface area contributed by atoms with Gasteiger partial charge in [-0.15, -0.1) is 0 Å². The van der Waals surface area contributed by atoms with Gasteiger partial charge in [0.1, 0.15) is 0 Å². The van der Waals surface area contributed by atoms with E-state index in [9.17, 15) is 0 Å². The molecule has 164 valence electrons. The molecule has 0 rings (SSSR count). The van der Waals surface area contributed by atoms with Crippen LogP contribution in [-0.2, 0) is 9.47 Å². The van der Waals surface area contributed by atoms with Crippen molar-refractivity contribution in [3.05, 3.63) is 0 Å². The van der Waals surface area contributed by atoms with E-state index in [0.29, 0.717) is 0 Å². The maximum atomic E-state index is 5.75. The minimum Gasteiger partial charge on any atom is -0.381 e. The van der Waals surface area contributed by atoms with Gasteiger partial charge in [-0.2, -0.15) is 0 Å². The summed E-state index contributed by atoms with van der Waals surface area (Å²) in [7, 11) is 0. The molecule has 0 amide bonds. The summed E-state index contributed by atoms with van der Waals surface area (Å²) >= 11 is 0. The standard InChI is InChI=1S/C25H52O2/c1-3-5-7-9-15-19-23-27-25-21-17-13-11-10-12-16-20-24-26-22-18-14-8-6-4-2/h3-25H2,1-2H3. The van der Waals surface area contributed by atoms with Gasteiger partial charge in [0.05, 0.1) is 0 Å². The quantitative estimate of drug-likeness (QED) is 0.155. The summed E-state index contributed by atoms with van der Waals surface area (Å²) in [6, 6.07) is 0. The van der Waals surface area contributed by atoms with Crippen molar-refractivity contribution in [2.75, 3.05) is 26.4 Å². The third kappa shape index (κ3) is 25.9. The maximum absolute atomic E-state index is 5.75. The maximum Gasteiger partial charge on any atom is 0.0466 e. The molecule has 0 fully saturated rings. The van der Waals surface area contributed by atoms with Crippen molar-refractivity contribution < 1.29 is 9.47 Å². The summed E-state index contributed by atoms with van der Waals surface area (Å²) in [4.78, 5) is 0. The zero-order chi connectivity index (χ0) is 19.7. The predicted molar refractivity (Wildman–Crippen MR) is 121 cm³/mol. The second kappa shape index (κ2) is 25.9. The molecule has 0 aliphatic carbocycles. The topological polar surface area (TPSA) is 18.5 Å². The molecule has 0 N–H and O–H groups in total. The Hall–Kier alpha value is -0.0800. The van der Waals surface area contributed by atoms with E-state index < -0.39 is 0 Å². The van der Waals surface area contributed by atoms with E-state index in [2.05, 4.69) is 13.8 Å². The van der Waals surface area contributed by atoms with E-state index in [1.165, 1.54) is 122 Å². The molecule has 0 atom stereocenters. The zero-order valence-electron chi connectivity index (χ0n) is 19.1. The summed E-state index contributed by atoms with van der Waals surface area (Å²) < 4.78 is 11.5. The molecule has 0 bridgehead atoms. The van der Waals surface area contributed by atoms with Crippen LogP contribution in [0.5, 0.6) is 0 Å². The van der Waals surface area contributed by atoms with Crippen LogP contribution in [0.4, 0.5) is 0 Å². The largest absolute Gasteiger partial charge is 0.381 e. The van der Waals surface area contributed by atoms with Gasteiger partial charge in [-0.05, 0) is 25.7 Å². The summed E-state index contributed by atoms with van der Waals surface area (Å²) in [5.74, 6) is 0. The minimum atomic E-state index is 0.976. The number of hydrogen-bond acceptors (Lipinski definition) is 2. The summed E-state index contributed by atoms with van der Waals surface area (Å²) in [5, 5.41) is 0. The molecule has 0 spiro atoms. The number of hydrogen-bond donors (Lipinski definition) is 0. The number of ether oxygens (including phenoxy) is 2. The highest BCUT2D eigenvalue weighted by molar-refractivity contribution is 4.48. The molecule has 0 aromatic heterocycles. The highest BCUT2D eigenvalue weighted by atomic mass is 16.5. The molecular weight excluding hydrogens is 332 g/mol. The van der Waals surface area contributed by atoms with E-state index in [4.69, 9.17) is 9.47 Å². The van der Waals surface area contributed by atoms with Gasteiger partial charge < -0.3 is 9.47 Å². The molecule has 0 aliphatic rings. The molecule has 0 aromatic carbocycles. The average Bonchev–Trinajstić information content (AvgIpc) is 2.68. The minimum absolute atomic E-state index is 0.976. The molecule has 0 aromatic rings. The lowest BCUT2D eigenvalue weighted by atomic mass is 10.1. The third-order valence-corrected chi connectivity index (χ3v) is 5.36. The van der Waals surface area contributed by atoms with Crippen molar-refractivity contribution in [2.45, 2.75) is 136 Å². The van der Waals surface area contributed by atoms with Gasteiger partial charge in [0.15, 0.2) is 0 Å². The van der Waals surface area contributed by atoms with Crippen molar-refractivity contribution in [1.82, 2.24) is 0 Å². The molecule has 0 aliphatic heterocycles. The van der Waals surface area contributed by atoms with Gasteiger partial charge in [0.25, 0.3) is 0 Å². The average molecular weight is 385 g/mol. The normalized spacial score (nSPS) is 11.3. The monoisotopic (exact) mass is 384 g/mol. The van der Waals surface area contributed by atoms with Crippen LogP contribution in [0.25, 0.3) is 0 Å². The van der Waals surface area contributed by atoms with Crippen LogP contribution >= 0.6 is 0 Å². The van der Waals surface area contributed by atoms with E-state index in [-0.39, 0.29) is 0 Å². The second-order valence-electron chi connectivity index (χ2n) is 8.24. The Morgan fingerprint density at radius 2 is 0.519 bits per heavy atom. The van der Waals surface area contributed by atoms with Gasteiger partial charge in [0.2, 0.25) is 0 Å². The first-order chi connectivity index (χ1) is 13.4. The fraction of sp³-hybridized carbons (Fsp3) is 1.00. The second-order valence-corrected chi connectivity index (χ2v) is 8.24. The van der Waals surface area contributed by atoms with Crippen LogP contribution < -0.4 is 0 Å². The molecule has 0 saturated carbocycles. The van der Waals surface area contributed by atoms with Crippen molar-refractivity contribution in [2.24, 2.45) is 0 Å². The summed E-state index contributed by atoms with van der Waals surface area (Å²) in [6.45, 7) is 8.45. The molecule has 0 saturated heterocycles. The first kappa shape index (κ1) is 26.9. The van der Waals surface area contributed by atoms with Gasteiger partial charge >= 0.3 is 0 Å². The lowest BCUT2D eigenvalue weighted by Crippen LogP contribution is -1.97. The van der Waals surface area contributed by atoms with Gasteiger partial charge in [-0.25, -0.2) is 0 Å². The highest BCUT2D eigenvalue weighted by Gasteiger charge is 1.95. The Morgan fingerprint density at radius 1 is 0.296 bits per heavy atom. The smallest absolute Gasteiger partial charge is 0.0466 e. The number of unbranched alkanes of at least 4 members (excludes halogenated alkanes) is 16. The van der Waals surface area contributed by atoms with E-state index in [0.717, 1.165) is 26.4 Å². The SMILES string of the molecule is CCCCCCCCOCCCCCCCCCCOCCCCCCC. The van der Waals surface area contributed by atoms with Crippen molar-refractivity contribution in [3.8, 4) is 0 Å². The Labute approximate surface area is 172 Å². The number of rotatable bonds is 24. The predicted octanol–water partition coefficient (Wildman–Crippen LogP) is 8.47. The van der Waals surface area contributed by atoms with Crippen LogP contribution in [-0.4, -0.2) is 26.4 Å². The Bertz CT molecular complexity index is 218.